The maximum Gasteiger partial charge on any atom is 0.338 e. The minimum atomic E-state index is -0.489. The highest BCUT2D eigenvalue weighted by molar-refractivity contribution is 7.14. The number of carbonyl (C=O) groups excluding carboxylic acids is 2. The number of esters is 1. The molecule has 1 heterocycles. The number of hydrogen-bond acceptors (Lipinski definition) is 7. The van der Waals surface area contributed by atoms with Crippen LogP contribution in [0.3, 0.4) is 0 Å². The number of aliphatic hydroxyl groups excluding tert-OH is 1. The monoisotopic (exact) mass is 412 g/mol. The van der Waals surface area contributed by atoms with Crippen LogP contribution in [0.15, 0.2) is 53.9 Å². The summed E-state index contributed by atoms with van der Waals surface area (Å²) in [5, 5.41) is 11.3. The van der Waals surface area contributed by atoms with Gasteiger partial charge in [-0.1, -0.05) is 24.3 Å². The van der Waals surface area contributed by atoms with Gasteiger partial charge in [0.25, 0.3) is 0 Å². The summed E-state index contributed by atoms with van der Waals surface area (Å²) >= 11 is 1.27. The molecule has 3 rings (SSSR count). The Kier molecular flexibility index (Phi) is 6.58. The number of benzene rings is 2. The fraction of sp³-hybridized carbons (Fsp3) is 0.190. The molecule has 7 nitrogen and oxygen atoms in total. The first kappa shape index (κ1) is 20.5. The number of aliphatic hydroxyl groups is 1. The summed E-state index contributed by atoms with van der Waals surface area (Å²) in [4.78, 5) is 30.3. The van der Waals surface area contributed by atoms with Gasteiger partial charge in [0.2, 0.25) is 5.91 Å². The topological polar surface area (TPSA) is 89.0 Å². The third kappa shape index (κ3) is 4.79. The number of rotatable bonds is 7. The Bertz CT molecular complexity index is 1000. The number of carbonyl (C=O) groups is 2. The van der Waals surface area contributed by atoms with Crippen LogP contribution >= 0.6 is 11.3 Å². The molecule has 0 fully saturated rings. The van der Waals surface area contributed by atoms with Crippen molar-refractivity contribution in [2.24, 2.45) is 0 Å². The van der Waals surface area contributed by atoms with Gasteiger partial charge >= 0.3 is 5.97 Å². The molecular formula is C21H20N2O5S. The third-order valence-corrected chi connectivity index (χ3v) is 4.97. The Balaban J connectivity index is 1.73. The van der Waals surface area contributed by atoms with Crippen LogP contribution in [0.1, 0.15) is 28.5 Å². The van der Waals surface area contributed by atoms with Crippen LogP contribution in [0, 0.1) is 0 Å². The van der Waals surface area contributed by atoms with E-state index in [2.05, 4.69) is 4.98 Å². The fourth-order valence-electron chi connectivity index (χ4n) is 2.66. The van der Waals surface area contributed by atoms with Crippen LogP contribution in [0.25, 0.3) is 0 Å². The molecule has 0 saturated heterocycles. The summed E-state index contributed by atoms with van der Waals surface area (Å²) in [7, 11) is 1.54. The molecule has 1 aromatic heterocycles. The number of nitrogens with zero attached hydrogens (tertiary/aromatic N) is 2. The zero-order chi connectivity index (χ0) is 20.8. The van der Waals surface area contributed by atoms with E-state index in [-0.39, 0.29) is 19.1 Å². The first-order valence-corrected chi connectivity index (χ1v) is 9.66. The summed E-state index contributed by atoms with van der Waals surface area (Å²) < 4.78 is 10.7. The Morgan fingerprint density at radius 1 is 1.14 bits per heavy atom. The van der Waals surface area contributed by atoms with E-state index in [1.807, 2.05) is 12.1 Å². The summed E-state index contributed by atoms with van der Waals surface area (Å²) in [6.07, 6.45) is 0. The van der Waals surface area contributed by atoms with Gasteiger partial charge in [0.1, 0.15) is 12.4 Å². The highest BCUT2D eigenvalue weighted by Crippen LogP contribution is 2.35. The first-order chi connectivity index (χ1) is 14.0. The van der Waals surface area contributed by atoms with Crippen molar-refractivity contribution < 1.29 is 24.2 Å². The molecular weight excluding hydrogens is 392 g/mol. The van der Waals surface area contributed by atoms with Crippen LogP contribution in [-0.4, -0.2) is 29.1 Å². The molecule has 8 heteroatoms. The Labute approximate surface area is 172 Å². The molecule has 2 aromatic carbocycles. The maximum absolute atomic E-state index is 12.3. The van der Waals surface area contributed by atoms with E-state index in [0.29, 0.717) is 33.4 Å². The molecule has 0 aliphatic rings. The summed E-state index contributed by atoms with van der Waals surface area (Å²) in [5.74, 6) is -0.147. The average Bonchev–Trinajstić information content (AvgIpc) is 3.20. The number of aromatic nitrogens is 1. The van der Waals surface area contributed by atoms with E-state index in [0.717, 1.165) is 0 Å². The number of para-hydroxylation sites is 2. The smallest absolute Gasteiger partial charge is 0.338 e. The minimum absolute atomic E-state index is 0.0191. The molecule has 0 radical (unpaired) electrons. The molecule has 29 heavy (non-hydrogen) atoms. The lowest BCUT2D eigenvalue weighted by Gasteiger charge is -2.20. The molecule has 0 saturated carbocycles. The standard InChI is InChI=1S/C21H20N2O5S/c1-14(25)23(18-5-3-4-6-19(18)27-2)21-22-17(13-29-21)12-28-20(26)16-9-7-15(11-24)8-10-16/h3-10,13,24H,11-12H2,1-2H3. The lowest BCUT2D eigenvalue weighted by molar-refractivity contribution is -0.115. The number of amides is 1. The lowest BCUT2D eigenvalue weighted by atomic mass is 10.1. The van der Waals surface area contributed by atoms with Crippen molar-refractivity contribution in [1.82, 2.24) is 4.98 Å². The van der Waals surface area contributed by atoms with Gasteiger partial charge in [0.15, 0.2) is 5.13 Å². The highest BCUT2D eigenvalue weighted by Gasteiger charge is 2.21. The molecule has 0 aliphatic heterocycles. The second-order valence-corrected chi connectivity index (χ2v) is 6.92. The second-order valence-electron chi connectivity index (χ2n) is 6.08. The van der Waals surface area contributed by atoms with Crippen molar-refractivity contribution in [2.45, 2.75) is 20.1 Å². The van der Waals surface area contributed by atoms with E-state index >= 15 is 0 Å². The van der Waals surface area contributed by atoms with Gasteiger partial charge in [-0.3, -0.25) is 9.69 Å². The summed E-state index contributed by atoms with van der Waals surface area (Å²) in [6.45, 7) is 1.34. The number of hydrogen-bond donors (Lipinski definition) is 1. The Morgan fingerprint density at radius 3 is 2.52 bits per heavy atom. The quantitative estimate of drug-likeness (QED) is 0.596. The predicted octanol–water partition coefficient (Wildman–Crippen LogP) is 3.69. The highest BCUT2D eigenvalue weighted by atomic mass is 32.1. The van der Waals surface area contributed by atoms with Crippen molar-refractivity contribution in [3.05, 3.63) is 70.7 Å². The van der Waals surface area contributed by atoms with E-state index in [4.69, 9.17) is 14.6 Å². The third-order valence-electron chi connectivity index (χ3n) is 4.10. The normalized spacial score (nSPS) is 10.4. The van der Waals surface area contributed by atoms with E-state index in [1.54, 1.807) is 41.8 Å². The minimum Gasteiger partial charge on any atom is -0.495 e. The molecule has 1 amide bonds. The number of anilines is 2. The second kappa shape index (κ2) is 9.31. The number of methoxy groups -OCH3 is 1. The largest absolute Gasteiger partial charge is 0.495 e. The summed E-state index contributed by atoms with van der Waals surface area (Å²) in [5.41, 5.74) is 2.22. The molecule has 0 spiro atoms. The molecule has 0 atom stereocenters. The molecule has 3 aromatic rings. The van der Waals surface area contributed by atoms with Gasteiger partial charge in [-0.2, -0.15) is 0 Å². The van der Waals surface area contributed by atoms with Crippen molar-refractivity contribution in [2.75, 3.05) is 12.0 Å². The van der Waals surface area contributed by atoms with Crippen LogP contribution in [-0.2, 0) is 22.7 Å². The Hall–Kier alpha value is -3.23. The summed E-state index contributed by atoms with van der Waals surface area (Å²) in [6, 6.07) is 13.7. The first-order valence-electron chi connectivity index (χ1n) is 8.78. The molecule has 0 aliphatic carbocycles. The number of thiazole rings is 1. The van der Waals surface area contributed by atoms with Gasteiger partial charge in [0.05, 0.1) is 30.7 Å². The van der Waals surface area contributed by atoms with Gasteiger partial charge in [0, 0.05) is 12.3 Å². The van der Waals surface area contributed by atoms with Crippen molar-refractivity contribution in [1.29, 1.82) is 0 Å². The van der Waals surface area contributed by atoms with Crippen LogP contribution in [0.2, 0.25) is 0 Å². The lowest BCUT2D eigenvalue weighted by Crippen LogP contribution is -2.23. The van der Waals surface area contributed by atoms with Gasteiger partial charge in [-0.15, -0.1) is 11.3 Å². The predicted molar refractivity (Wildman–Crippen MR) is 109 cm³/mol. The van der Waals surface area contributed by atoms with Crippen LogP contribution in [0.5, 0.6) is 5.75 Å². The van der Waals surface area contributed by atoms with Gasteiger partial charge in [-0.25, -0.2) is 9.78 Å². The zero-order valence-electron chi connectivity index (χ0n) is 16.0. The fourth-order valence-corrected chi connectivity index (χ4v) is 3.52. The molecule has 1 N–H and O–H groups in total. The van der Waals surface area contributed by atoms with Crippen molar-refractivity contribution >= 4 is 34.0 Å². The van der Waals surface area contributed by atoms with Gasteiger partial charge in [-0.05, 0) is 29.8 Å². The average molecular weight is 412 g/mol. The molecule has 0 bridgehead atoms. The van der Waals surface area contributed by atoms with Crippen LogP contribution < -0.4 is 9.64 Å². The SMILES string of the molecule is COc1ccccc1N(C(C)=O)c1nc(COC(=O)c2ccc(CO)cc2)cs1. The molecule has 150 valence electrons. The molecule has 0 unspecified atom stereocenters. The van der Waals surface area contributed by atoms with Crippen molar-refractivity contribution in [3.8, 4) is 5.75 Å². The maximum atomic E-state index is 12.3. The van der Waals surface area contributed by atoms with Crippen LogP contribution in [0.4, 0.5) is 10.8 Å². The number of ether oxygens (including phenoxy) is 2. The van der Waals surface area contributed by atoms with Gasteiger partial charge < -0.3 is 14.6 Å². The van der Waals surface area contributed by atoms with E-state index < -0.39 is 5.97 Å². The Morgan fingerprint density at radius 2 is 1.86 bits per heavy atom. The van der Waals surface area contributed by atoms with E-state index in [1.165, 1.54) is 30.3 Å². The zero-order valence-corrected chi connectivity index (χ0v) is 16.8. The van der Waals surface area contributed by atoms with Crippen molar-refractivity contribution in [3.63, 3.8) is 0 Å². The van der Waals surface area contributed by atoms with E-state index in [9.17, 15) is 9.59 Å².